The normalized spacial score (nSPS) is 11.3. The number of anilines is 1. The Morgan fingerprint density at radius 3 is 2.60 bits per heavy atom. The number of hydrogen-bond donors (Lipinski definition) is 2. The van der Waals surface area contributed by atoms with Crippen LogP contribution in [0.5, 0.6) is 11.5 Å². The number of sulfonamides is 1. The Morgan fingerprint density at radius 2 is 1.95 bits per heavy atom. The lowest BCUT2D eigenvalue weighted by atomic mass is 10.3. The van der Waals surface area contributed by atoms with Crippen LogP contribution in [0.15, 0.2) is 47.4 Å². The van der Waals surface area contributed by atoms with Gasteiger partial charge in [-0.3, -0.25) is 0 Å². The van der Waals surface area contributed by atoms with Gasteiger partial charge in [-0.15, -0.1) is 0 Å². The van der Waals surface area contributed by atoms with Crippen LogP contribution in [0.3, 0.4) is 0 Å². The third-order valence-corrected chi connectivity index (χ3v) is 4.67. The zero-order valence-electron chi connectivity index (χ0n) is 10.6. The summed E-state index contributed by atoms with van der Waals surface area (Å²) in [5, 5.41) is 0. The zero-order valence-corrected chi connectivity index (χ0v) is 13.6. The van der Waals surface area contributed by atoms with Gasteiger partial charge in [0.15, 0.2) is 5.75 Å². The van der Waals surface area contributed by atoms with Crippen LogP contribution in [0.2, 0.25) is 0 Å². The van der Waals surface area contributed by atoms with Gasteiger partial charge in [-0.1, -0.05) is 6.07 Å². The number of benzene rings is 2. The first-order valence-electron chi connectivity index (χ1n) is 5.69. The molecule has 2 aromatic carbocycles. The number of ether oxygens (including phenoxy) is 1. The summed E-state index contributed by atoms with van der Waals surface area (Å²) in [4.78, 5) is 0.106. The van der Waals surface area contributed by atoms with E-state index in [-0.39, 0.29) is 4.90 Å². The molecule has 0 heterocycles. The third-order valence-electron chi connectivity index (χ3n) is 2.59. The van der Waals surface area contributed by atoms with E-state index in [9.17, 15) is 8.42 Å². The fourth-order valence-corrected chi connectivity index (χ4v) is 2.81. The maximum Gasteiger partial charge on any atom is 0.240 e. The summed E-state index contributed by atoms with van der Waals surface area (Å²) in [5.74, 6) is 0.908. The smallest absolute Gasteiger partial charge is 0.240 e. The molecule has 2 aromatic rings. The van der Waals surface area contributed by atoms with E-state index in [0.29, 0.717) is 17.2 Å². The summed E-state index contributed by atoms with van der Waals surface area (Å²) in [7, 11) is -2.17. The van der Waals surface area contributed by atoms with Gasteiger partial charge >= 0.3 is 0 Å². The molecule has 0 spiro atoms. The molecule has 106 valence electrons. The highest BCUT2D eigenvalue weighted by atomic mass is 127. The number of nitrogens with two attached hydrogens (primary N) is 1. The summed E-state index contributed by atoms with van der Waals surface area (Å²) in [5.41, 5.74) is 6.19. The Labute approximate surface area is 131 Å². The molecule has 0 radical (unpaired) electrons. The maximum absolute atomic E-state index is 11.8. The second-order valence-electron chi connectivity index (χ2n) is 3.97. The molecule has 5 nitrogen and oxygen atoms in total. The molecule has 20 heavy (non-hydrogen) atoms. The molecule has 0 aliphatic rings. The number of rotatable bonds is 4. The average molecular weight is 404 g/mol. The molecule has 0 saturated heterocycles. The summed E-state index contributed by atoms with van der Waals surface area (Å²) in [6.07, 6.45) is 0. The first-order valence-corrected chi connectivity index (χ1v) is 8.25. The van der Waals surface area contributed by atoms with E-state index < -0.39 is 10.0 Å². The Morgan fingerprint density at radius 1 is 1.20 bits per heavy atom. The molecule has 0 fully saturated rings. The van der Waals surface area contributed by atoms with Gasteiger partial charge in [-0.05, 0) is 60.0 Å². The second kappa shape index (κ2) is 5.98. The van der Waals surface area contributed by atoms with Crippen LogP contribution in [0.4, 0.5) is 5.69 Å². The molecule has 0 aliphatic heterocycles. The van der Waals surface area contributed by atoms with E-state index in [1.54, 1.807) is 6.07 Å². The lowest BCUT2D eigenvalue weighted by Crippen LogP contribution is -2.18. The fourth-order valence-electron chi connectivity index (χ4n) is 1.55. The molecular formula is C13H13IN2O3S. The first-order chi connectivity index (χ1) is 9.42. The Bertz CT molecular complexity index is 732. The Hall–Kier alpha value is -1.32. The maximum atomic E-state index is 11.8. The van der Waals surface area contributed by atoms with Gasteiger partial charge in [0, 0.05) is 9.64 Å². The molecule has 0 amide bonds. The van der Waals surface area contributed by atoms with Gasteiger partial charge in [0.1, 0.15) is 5.75 Å². The molecule has 0 bridgehead atoms. The van der Waals surface area contributed by atoms with E-state index in [2.05, 4.69) is 27.3 Å². The average Bonchev–Trinajstić information content (AvgIpc) is 2.41. The van der Waals surface area contributed by atoms with Crippen molar-refractivity contribution in [3.8, 4) is 11.5 Å². The van der Waals surface area contributed by atoms with Crippen molar-refractivity contribution in [2.45, 2.75) is 4.90 Å². The second-order valence-corrected chi connectivity index (χ2v) is 7.10. The number of halogens is 1. The number of hydrogen-bond acceptors (Lipinski definition) is 4. The third kappa shape index (κ3) is 3.41. The predicted molar refractivity (Wildman–Crippen MR) is 86.3 cm³/mol. The fraction of sp³-hybridized carbons (Fsp3) is 0.0769. The van der Waals surface area contributed by atoms with Crippen molar-refractivity contribution in [1.82, 2.24) is 4.72 Å². The Kier molecular flexibility index (Phi) is 4.51. The molecule has 7 heteroatoms. The number of nitrogen functional groups attached to an aromatic ring is 1. The van der Waals surface area contributed by atoms with Gasteiger partial charge < -0.3 is 10.5 Å². The van der Waals surface area contributed by atoms with Crippen LogP contribution in [0, 0.1) is 3.57 Å². The molecule has 2 rings (SSSR count). The summed E-state index contributed by atoms with van der Waals surface area (Å²) in [6, 6.07) is 11.7. The lowest BCUT2D eigenvalue weighted by Gasteiger charge is -2.11. The van der Waals surface area contributed by atoms with Crippen LogP contribution in [-0.2, 0) is 10.0 Å². The predicted octanol–water partition coefficient (Wildman–Crippen LogP) is 2.57. The minimum Gasteiger partial charge on any atom is -0.455 e. The van der Waals surface area contributed by atoms with Crippen molar-refractivity contribution in [3.63, 3.8) is 0 Å². The standard InChI is InChI=1S/C13H13IN2O3S/c1-16-20(17,18)11-5-6-12(15)13(8-11)19-10-4-2-3-9(14)7-10/h2-8,16H,15H2,1H3. The Balaban J connectivity index is 2.39. The molecule has 0 aromatic heterocycles. The monoisotopic (exact) mass is 404 g/mol. The first kappa shape index (κ1) is 15.1. The summed E-state index contributed by atoms with van der Waals surface area (Å²) in [6.45, 7) is 0. The molecule has 0 unspecified atom stereocenters. The topological polar surface area (TPSA) is 81.4 Å². The molecule has 0 aliphatic carbocycles. The van der Waals surface area contributed by atoms with Gasteiger partial charge in [0.05, 0.1) is 10.6 Å². The van der Waals surface area contributed by atoms with E-state index in [0.717, 1.165) is 3.57 Å². The summed E-state index contributed by atoms with van der Waals surface area (Å²) >= 11 is 2.17. The van der Waals surface area contributed by atoms with Crippen LogP contribution in [-0.4, -0.2) is 15.5 Å². The van der Waals surface area contributed by atoms with Crippen molar-refractivity contribution in [1.29, 1.82) is 0 Å². The highest BCUT2D eigenvalue weighted by molar-refractivity contribution is 14.1. The van der Waals surface area contributed by atoms with Crippen LogP contribution < -0.4 is 15.2 Å². The van der Waals surface area contributed by atoms with Gasteiger partial charge in [-0.25, -0.2) is 13.1 Å². The van der Waals surface area contributed by atoms with Crippen molar-refractivity contribution in [2.24, 2.45) is 0 Å². The quantitative estimate of drug-likeness (QED) is 0.607. The van der Waals surface area contributed by atoms with Crippen LogP contribution in [0.25, 0.3) is 0 Å². The van der Waals surface area contributed by atoms with Crippen molar-refractivity contribution in [3.05, 3.63) is 46.0 Å². The van der Waals surface area contributed by atoms with E-state index in [1.807, 2.05) is 18.2 Å². The number of nitrogens with one attached hydrogen (secondary N) is 1. The van der Waals surface area contributed by atoms with Crippen LogP contribution in [0.1, 0.15) is 0 Å². The van der Waals surface area contributed by atoms with E-state index >= 15 is 0 Å². The highest BCUT2D eigenvalue weighted by Crippen LogP contribution is 2.30. The molecule has 3 N–H and O–H groups in total. The van der Waals surface area contributed by atoms with Gasteiger partial charge in [-0.2, -0.15) is 0 Å². The molecule has 0 saturated carbocycles. The zero-order chi connectivity index (χ0) is 14.8. The minimum absolute atomic E-state index is 0.106. The van der Waals surface area contributed by atoms with E-state index in [1.165, 1.54) is 25.2 Å². The SMILES string of the molecule is CNS(=O)(=O)c1ccc(N)c(Oc2cccc(I)c2)c1. The molecular weight excluding hydrogens is 391 g/mol. The largest absolute Gasteiger partial charge is 0.455 e. The van der Waals surface area contributed by atoms with Gasteiger partial charge in [0.25, 0.3) is 0 Å². The summed E-state index contributed by atoms with van der Waals surface area (Å²) < 4.78 is 32.4. The van der Waals surface area contributed by atoms with E-state index in [4.69, 9.17) is 10.5 Å². The van der Waals surface area contributed by atoms with Crippen molar-refractivity contribution >= 4 is 38.3 Å². The molecule has 0 atom stereocenters. The van der Waals surface area contributed by atoms with Crippen molar-refractivity contribution in [2.75, 3.05) is 12.8 Å². The highest BCUT2D eigenvalue weighted by Gasteiger charge is 2.14. The van der Waals surface area contributed by atoms with Gasteiger partial charge in [0.2, 0.25) is 10.0 Å². The van der Waals surface area contributed by atoms with Crippen molar-refractivity contribution < 1.29 is 13.2 Å². The minimum atomic E-state index is -3.52. The van der Waals surface area contributed by atoms with Crippen LogP contribution >= 0.6 is 22.6 Å². The lowest BCUT2D eigenvalue weighted by molar-refractivity contribution is 0.482.